The molecule has 0 saturated carbocycles. The van der Waals surface area contributed by atoms with Gasteiger partial charge in [-0.05, 0) is 79.9 Å². The minimum absolute atomic E-state index is 0.145. The third kappa shape index (κ3) is 5.63. The lowest BCUT2D eigenvalue weighted by Gasteiger charge is -2.35. The number of fused-ring (bicyclic) bond motifs is 4. The van der Waals surface area contributed by atoms with Crippen molar-refractivity contribution in [1.29, 1.82) is 0 Å². The molecule has 1 aliphatic heterocycles. The second kappa shape index (κ2) is 12.6. The van der Waals surface area contributed by atoms with E-state index < -0.39 is 0 Å². The molecule has 2 aromatic heterocycles. The summed E-state index contributed by atoms with van der Waals surface area (Å²) in [6.45, 7) is 2.14. The zero-order chi connectivity index (χ0) is 31.7. The maximum absolute atomic E-state index is 5.34. The Hall–Kier alpha value is -5.09. The summed E-state index contributed by atoms with van der Waals surface area (Å²) >= 11 is 0. The van der Waals surface area contributed by atoms with Gasteiger partial charge < -0.3 is 4.90 Å². The lowest BCUT2D eigenvalue weighted by Crippen LogP contribution is -2.27. The Morgan fingerprint density at radius 2 is 1.72 bits per heavy atom. The second-order valence-electron chi connectivity index (χ2n) is 12.9. The van der Waals surface area contributed by atoms with Crippen molar-refractivity contribution in [2.24, 2.45) is 4.99 Å². The van der Waals surface area contributed by atoms with Gasteiger partial charge >= 0.3 is 0 Å². The topological polar surface area (TPSA) is 41.4 Å². The smallest absolute Gasteiger partial charge is 0.0964 e. The van der Waals surface area contributed by atoms with Gasteiger partial charge in [-0.2, -0.15) is 0 Å². The molecule has 3 heterocycles. The molecule has 47 heavy (non-hydrogen) atoms. The Balaban J connectivity index is 1.11. The van der Waals surface area contributed by atoms with Gasteiger partial charge in [-0.3, -0.25) is 4.99 Å². The highest BCUT2D eigenvalue weighted by molar-refractivity contribution is 6.06. The standard InChI is InChI=1S/C43H40N4/c1-3-39(47(2)40-19-11-16-31-22-25-36(44-41(31)40)29-12-6-4-7-13-29)35-18-10-17-34(28-35)38-27-24-33-21-20-32-23-26-37(30-14-8-5-9-15-30)45-42(32)43(33)46-38/h3-8,10-14,16,18,20-22,24-25,27-28,34,40H,9,15,17,19,23,26H2,1-2H3/b39-3-. The average molecular weight is 613 g/mol. The Morgan fingerprint density at radius 3 is 2.57 bits per heavy atom. The van der Waals surface area contributed by atoms with E-state index in [0.29, 0.717) is 0 Å². The summed E-state index contributed by atoms with van der Waals surface area (Å²) in [7, 11) is 2.21. The molecule has 2 atom stereocenters. The summed E-state index contributed by atoms with van der Waals surface area (Å²) in [5.41, 5.74) is 14.1. The van der Waals surface area contributed by atoms with Crippen LogP contribution in [0.1, 0.15) is 73.5 Å². The molecule has 0 radical (unpaired) electrons. The van der Waals surface area contributed by atoms with Gasteiger partial charge in [0.05, 0.1) is 28.6 Å². The number of rotatable bonds is 6. The van der Waals surface area contributed by atoms with Gasteiger partial charge in [-0.25, -0.2) is 9.97 Å². The molecule has 0 N–H and O–H groups in total. The molecule has 4 heteroatoms. The first-order valence-electron chi connectivity index (χ1n) is 17.0. The van der Waals surface area contributed by atoms with Crippen molar-refractivity contribution in [1.82, 2.24) is 14.9 Å². The van der Waals surface area contributed by atoms with Crippen LogP contribution in [0.2, 0.25) is 0 Å². The van der Waals surface area contributed by atoms with Gasteiger partial charge in [-0.15, -0.1) is 0 Å². The van der Waals surface area contributed by atoms with Crippen molar-refractivity contribution in [3.63, 3.8) is 0 Å². The number of nitrogens with zero attached hydrogens (tertiary/aromatic N) is 4. The highest BCUT2D eigenvalue weighted by Gasteiger charge is 2.27. The normalized spacial score (nSPS) is 20.3. The van der Waals surface area contributed by atoms with E-state index in [1.165, 1.54) is 33.7 Å². The van der Waals surface area contributed by atoms with E-state index in [1.807, 2.05) is 0 Å². The summed E-state index contributed by atoms with van der Waals surface area (Å²) < 4.78 is 0. The minimum atomic E-state index is 0.145. The molecule has 0 bridgehead atoms. The van der Waals surface area contributed by atoms with Crippen LogP contribution in [0, 0.1) is 0 Å². The lowest BCUT2D eigenvalue weighted by atomic mass is 9.89. The van der Waals surface area contributed by atoms with Gasteiger partial charge in [0.2, 0.25) is 0 Å². The van der Waals surface area contributed by atoms with Crippen LogP contribution in [0.15, 0.2) is 137 Å². The van der Waals surface area contributed by atoms with E-state index in [0.717, 1.165) is 77.8 Å². The number of aryl methyl sites for hydroxylation is 1. The van der Waals surface area contributed by atoms with Crippen LogP contribution >= 0.6 is 0 Å². The van der Waals surface area contributed by atoms with Crippen LogP contribution in [0.3, 0.4) is 0 Å². The molecular formula is C43H40N4. The zero-order valence-electron chi connectivity index (χ0n) is 27.2. The van der Waals surface area contributed by atoms with Crippen molar-refractivity contribution >= 4 is 28.4 Å². The minimum Gasteiger partial charge on any atom is -0.365 e. The highest BCUT2D eigenvalue weighted by Crippen LogP contribution is 2.40. The fourth-order valence-corrected chi connectivity index (χ4v) is 7.52. The van der Waals surface area contributed by atoms with Crippen molar-refractivity contribution in [2.45, 2.75) is 57.4 Å². The van der Waals surface area contributed by atoms with Crippen molar-refractivity contribution in [3.8, 4) is 11.3 Å². The summed E-state index contributed by atoms with van der Waals surface area (Å²) in [6, 6.07) is 23.9. The maximum atomic E-state index is 5.34. The first-order valence-corrected chi connectivity index (χ1v) is 17.0. The van der Waals surface area contributed by atoms with Gasteiger partial charge in [-0.1, -0.05) is 109 Å². The first-order chi connectivity index (χ1) is 23.2. The molecule has 4 aliphatic rings. The Labute approximate surface area is 278 Å². The second-order valence-corrected chi connectivity index (χ2v) is 12.9. The van der Waals surface area contributed by atoms with Gasteiger partial charge in [0.15, 0.2) is 0 Å². The predicted octanol–water partition coefficient (Wildman–Crippen LogP) is 10.6. The third-order valence-electron chi connectivity index (χ3n) is 10.1. The number of aromatic nitrogens is 2. The third-order valence-corrected chi connectivity index (χ3v) is 10.1. The van der Waals surface area contributed by atoms with Crippen molar-refractivity contribution in [3.05, 3.63) is 155 Å². The van der Waals surface area contributed by atoms with E-state index in [4.69, 9.17) is 15.0 Å². The van der Waals surface area contributed by atoms with Crippen molar-refractivity contribution < 1.29 is 0 Å². The number of likely N-dealkylation sites (N-methyl/N-ethyl adjacent to an activating group) is 1. The Kier molecular flexibility index (Phi) is 7.86. The van der Waals surface area contributed by atoms with Crippen LogP contribution in [0.4, 0.5) is 5.69 Å². The first kappa shape index (κ1) is 29.3. The molecule has 0 fully saturated rings. The molecule has 2 unspecified atom stereocenters. The van der Waals surface area contributed by atoms with Crippen LogP contribution in [-0.4, -0.2) is 27.6 Å². The quantitative estimate of drug-likeness (QED) is 0.218. The molecule has 4 nitrogen and oxygen atoms in total. The fourth-order valence-electron chi connectivity index (χ4n) is 7.52. The number of pyridine rings is 2. The summed E-state index contributed by atoms with van der Waals surface area (Å²) in [6.07, 6.45) is 26.4. The van der Waals surface area contributed by atoms with Crippen LogP contribution in [-0.2, 0) is 6.42 Å². The number of aliphatic imine (C=N–C) groups is 1. The molecule has 3 aliphatic carbocycles. The highest BCUT2D eigenvalue weighted by atomic mass is 15.2. The number of hydrogen-bond acceptors (Lipinski definition) is 4. The molecule has 0 saturated heterocycles. The van der Waals surface area contributed by atoms with Crippen LogP contribution in [0.25, 0.3) is 28.2 Å². The Morgan fingerprint density at radius 1 is 0.851 bits per heavy atom. The van der Waals surface area contributed by atoms with Crippen LogP contribution < -0.4 is 0 Å². The van der Waals surface area contributed by atoms with Gasteiger partial charge in [0.1, 0.15) is 0 Å². The zero-order valence-corrected chi connectivity index (χ0v) is 27.2. The number of hydrogen-bond donors (Lipinski definition) is 0. The monoisotopic (exact) mass is 612 g/mol. The van der Waals surface area contributed by atoms with E-state index >= 15 is 0 Å². The predicted molar refractivity (Wildman–Crippen MR) is 196 cm³/mol. The number of allylic oxidation sites excluding steroid dienone is 8. The SMILES string of the molecule is C/C=C(/C1=CC(c2ccc3ccc4c(c3n2)N=C(C2=CC=CCC2)CC4)CC=C1)N(C)C1CC=Cc2ccc(-c3ccccc3)nc21. The lowest BCUT2D eigenvalue weighted by molar-refractivity contribution is 0.308. The molecule has 232 valence electrons. The largest absolute Gasteiger partial charge is 0.365 e. The maximum Gasteiger partial charge on any atom is 0.0964 e. The molecule has 4 aromatic rings. The van der Waals surface area contributed by atoms with Crippen LogP contribution in [0.5, 0.6) is 0 Å². The molecule has 2 aromatic carbocycles. The van der Waals surface area contributed by atoms with E-state index in [2.05, 4.69) is 140 Å². The van der Waals surface area contributed by atoms with Gasteiger partial charge in [0.25, 0.3) is 0 Å². The average Bonchev–Trinajstić information content (AvgIpc) is 3.15. The van der Waals surface area contributed by atoms with E-state index in [1.54, 1.807) is 0 Å². The fraction of sp³-hybridized carbons (Fsp3) is 0.233. The molecular weight excluding hydrogens is 573 g/mol. The molecule has 8 rings (SSSR count). The van der Waals surface area contributed by atoms with E-state index in [-0.39, 0.29) is 12.0 Å². The summed E-state index contributed by atoms with van der Waals surface area (Å²) in [5.74, 6) is 0.193. The molecule has 0 amide bonds. The van der Waals surface area contributed by atoms with E-state index in [9.17, 15) is 0 Å². The summed E-state index contributed by atoms with van der Waals surface area (Å²) in [5, 5.41) is 1.16. The number of benzene rings is 2. The molecule has 0 spiro atoms. The Bertz CT molecular complexity index is 2070. The van der Waals surface area contributed by atoms with Gasteiger partial charge in [0, 0.05) is 41.0 Å². The van der Waals surface area contributed by atoms with Crippen molar-refractivity contribution in [2.75, 3.05) is 7.05 Å². The summed E-state index contributed by atoms with van der Waals surface area (Å²) in [4.78, 5) is 18.2.